The Kier molecular flexibility index (Phi) is 7.67. The number of hydrogen-bond donors (Lipinski definition) is 1. The SMILES string of the molecule is CCOc1ccc(NC(=O)[C@@H](C)OC(=O)[C@H](CC)Oc2ccccc2)cc1. The van der Waals surface area contributed by atoms with Crippen molar-refractivity contribution < 1.29 is 23.8 Å². The molecule has 0 aliphatic carbocycles. The van der Waals surface area contributed by atoms with E-state index in [0.29, 0.717) is 24.5 Å². The Morgan fingerprint density at radius 1 is 0.963 bits per heavy atom. The second kappa shape index (κ2) is 10.2. The minimum atomic E-state index is -0.947. The van der Waals surface area contributed by atoms with Crippen LogP contribution in [-0.4, -0.2) is 30.7 Å². The van der Waals surface area contributed by atoms with Crippen molar-refractivity contribution in [3.05, 3.63) is 54.6 Å². The fourth-order valence-corrected chi connectivity index (χ4v) is 2.31. The smallest absolute Gasteiger partial charge is 0.348 e. The summed E-state index contributed by atoms with van der Waals surface area (Å²) in [4.78, 5) is 24.6. The number of anilines is 1. The fraction of sp³-hybridized carbons (Fsp3) is 0.333. The Hall–Kier alpha value is -3.02. The van der Waals surface area contributed by atoms with Crippen LogP contribution in [-0.2, 0) is 14.3 Å². The molecule has 1 amide bonds. The molecule has 2 aromatic rings. The van der Waals surface area contributed by atoms with Crippen molar-refractivity contribution in [1.29, 1.82) is 0 Å². The molecule has 0 aromatic heterocycles. The van der Waals surface area contributed by atoms with Crippen LogP contribution in [0.3, 0.4) is 0 Å². The molecule has 0 bridgehead atoms. The lowest BCUT2D eigenvalue weighted by Crippen LogP contribution is -2.36. The monoisotopic (exact) mass is 371 g/mol. The van der Waals surface area contributed by atoms with Gasteiger partial charge in [-0.15, -0.1) is 0 Å². The lowest BCUT2D eigenvalue weighted by atomic mass is 10.2. The van der Waals surface area contributed by atoms with E-state index in [-0.39, 0.29) is 0 Å². The summed E-state index contributed by atoms with van der Waals surface area (Å²) in [6, 6.07) is 16.0. The van der Waals surface area contributed by atoms with Crippen LogP contribution in [0.5, 0.6) is 11.5 Å². The first-order valence-electron chi connectivity index (χ1n) is 8.99. The summed E-state index contributed by atoms with van der Waals surface area (Å²) in [6.45, 7) is 5.82. The van der Waals surface area contributed by atoms with Crippen LogP contribution in [0.1, 0.15) is 27.2 Å². The Morgan fingerprint density at radius 2 is 1.63 bits per heavy atom. The second-order valence-corrected chi connectivity index (χ2v) is 5.85. The number of carbonyl (C=O) groups excluding carboxylic acids is 2. The van der Waals surface area contributed by atoms with Crippen molar-refractivity contribution >= 4 is 17.6 Å². The molecule has 0 saturated carbocycles. The Bertz CT molecular complexity index is 730. The van der Waals surface area contributed by atoms with E-state index in [1.165, 1.54) is 6.92 Å². The van der Waals surface area contributed by atoms with E-state index in [9.17, 15) is 9.59 Å². The average Bonchev–Trinajstić information content (AvgIpc) is 2.68. The minimum absolute atomic E-state index is 0.415. The number of para-hydroxylation sites is 1. The first-order chi connectivity index (χ1) is 13.0. The third-order valence-corrected chi connectivity index (χ3v) is 3.75. The molecule has 0 spiro atoms. The van der Waals surface area contributed by atoms with Gasteiger partial charge in [0.15, 0.2) is 12.2 Å². The zero-order valence-electron chi connectivity index (χ0n) is 15.8. The molecule has 6 nitrogen and oxygen atoms in total. The number of rotatable bonds is 9. The molecule has 0 aliphatic rings. The first-order valence-corrected chi connectivity index (χ1v) is 8.99. The molecule has 2 atom stereocenters. The van der Waals surface area contributed by atoms with Gasteiger partial charge in [-0.2, -0.15) is 0 Å². The molecule has 0 heterocycles. The van der Waals surface area contributed by atoms with Crippen LogP contribution >= 0.6 is 0 Å². The highest BCUT2D eigenvalue weighted by Gasteiger charge is 2.25. The summed E-state index contributed by atoms with van der Waals surface area (Å²) in [5, 5.41) is 2.71. The quantitative estimate of drug-likeness (QED) is 0.679. The maximum Gasteiger partial charge on any atom is 0.348 e. The van der Waals surface area contributed by atoms with Crippen LogP contribution in [0.2, 0.25) is 0 Å². The van der Waals surface area contributed by atoms with E-state index in [0.717, 1.165) is 5.75 Å². The van der Waals surface area contributed by atoms with Gasteiger partial charge in [0.25, 0.3) is 5.91 Å². The van der Waals surface area contributed by atoms with Gasteiger partial charge in [-0.1, -0.05) is 25.1 Å². The number of amides is 1. The zero-order valence-corrected chi connectivity index (χ0v) is 15.8. The predicted octanol–water partition coefficient (Wildman–Crippen LogP) is 3.81. The van der Waals surface area contributed by atoms with Crippen LogP contribution in [0.25, 0.3) is 0 Å². The highest BCUT2D eigenvalue weighted by molar-refractivity contribution is 5.95. The van der Waals surface area contributed by atoms with E-state index in [1.54, 1.807) is 36.4 Å². The van der Waals surface area contributed by atoms with Gasteiger partial charge in [-0.3, -0.25) is 4.79 Å². The standard InChI is InChI=1S/C21H25NO5/c1-4-19(27-18-9-7-6-8-10-18)21(24)26-15(3)20(23)22-16-11-13-17(14-12-16)25-5-2/h6-15,19H,4-5H2,1-3H3,(H,22,23)/t15-,19+/m1/s1. The summed E-state index contributed by atoms with van der Waals surface area (Å²) in [5.41, 5.74) is 0.596. The van der Waals surface area contributed by atoms with Crippen molar-refractivity contribution in [2.45, 2.75) is 39.4 Å². The lowest BCUT2D eigenvalue weighted by molar-refractivity contribution is -0.160. The first kappa shape index (κ1) is 20.3. The summed E-state index contributed by atoms with van der Waals surface area (Å²) in [5.74, 6) is 0.310. The average molecular weight is 371 g/mol. The number of carbonyl (C=O) groups is 2. The van der Waals surface area contributed by atoms with E-state index in [1.807, 2.05) is 32.0 Å². The lowest BCUT2D eigenvalue weighted by Gasteiger charge is -2.19. The Balaban J connectivity index is 1.88. The molecule has 1 N–H and O–H groups in total. The minimum Gasteiger partial charge on any atom is -0.494 e. The molecule has 0 aliphatic heterocycles. The van der Waals surface area contributed by atoms with Gasteiger partial charge in [-0.05, 0) is 56.7 Å². The number of esters is 1. The summed E-state index contributed by atoms with van der Waals surface area (Å²) < 4.78 is 16.3. The Labute approximate surface area is 159 Å². The van der Waals surface area contributed by atoms with Gasteiger partial charge >= 0.3 is 5.97 Å². The van der Waals surface area contributed by atoms with Crippen LogP contribution in [0.15, 0.2) is 54.6 Å². The maximum absolute atomic E-state index is 12.3. The van der Waals surface area contributed by atoms with Crippen molar-refractivity contribution in [2.24, 2.45) is 0 Å². The number of nitrogens with one attached hydrogen (secondary N) is 1. The van der Waals surface area contributed by atoms with Crippen LogP contribution in [0, 0.1) is 0 Å². The molecule has 6 heteroatoms. The van der Waals surface area contributed by atoms with Crippen LogP contribution < -0.4 is 14.8 Å². The van der Waals surface area contributed by atoms with Crippen molar-refractivity contribution in [3.8, 4) is 11.5 Å². The van der Waals surface area contributed by atoms with E-state index in [2.05, 4.69) is 5.32 Å². The summed E-state index contributed by atoms with van der Waals surface area (Å²) in [6.07, 6.45) is -1.29. The second-order valence-electron chi connectivity index (χ2n) is 5.85. The van der Waals surface area contributed by atoms with Crippen molar-refractivity contribution in [3.63, 3.8) is 0 Å². The normalized spacial score (nSPS) is 12.6. The van der Waals surface area contributed by atoms with Gasteiger partial charge < -0.3 is 19.5 Å². The molecule has 0 fully saturated rings. The summed E-state index contributed by atoms with van der Waals surface area (Å²) >= 11 is 0. The number of ether oxygens (including phenoxy) is 3. The molecule has 144 valence electrons. The maximum atomic E-state index is 12.3. The van der Waals surface area contributed by atoms with Gasteiger partial charge in [0.2, 0.25) is 0 Å². The third kappa shape index (κ3) is 6.33. The molecule has 0 unspecified atom stereocenters. The largest absolute Gasteiger partial charge is 0.494 e. The predicted molar refractivity (Wildman–Crippen MR) is 103 cm³/mol. The molecular weight excluding hydrogens is 346 g/mol. The highest BCUT2D eigenvalue weighted by atomic mass is 16.6. The van der Waals surface area contributed by atoms with E-state index in [4.69, 9.17) is 14.2 Å². The Morgan fingerprint density at radius 3 is 2.22 bits per heavy atom. The highest BCUT2D eigenvalue weighted by Crippen LogP contribution is 2.17. The number of benzene rings is 2. The van der Waals surface area contributed by atoms with Crippen molar-refractivity contribution in [2.75, 3.05) is 11.9 Å². The molecule has 2 aromatic carbocycles. The molecule has 27 heavy (non-hydrogen) atoms. The molecule has 2 rings (SSSR count). The third-order valence-electron chi connectivity index (χ3n) is 3.75. The van der Waals surface area contributed by atoms with Gasteiger partial charge in [0.1, 0.15) is 11.5 Å². The summed E-state index contributed by atoms with van der Waals surface area (Å²) in [7, 11) is 0. The molecule has 0 radical (unpaired) electrons. The molecule has 0 saturated heterocycles. The zero-order chi connectivity index (χ0) is 19.6. The molecular formula is C21H25NO5. The van der Waals surface area contributed by atoms with E-state index >= 15 is 0 Å². The topological polar surface area (TPSA) is 73.9 Å². The van der Waals surface area contributed by atoms with Crippen molar-refractivity contribution in [1.82, 2.24) is 0 Å². The van der Waals surface area contributed by atoms with Gasteiger partial charge in [0.05, 0.1) is 6.61 Å². The van der Waals surface area contributed by atoms with Gasteiger partial charge in [-0.25, -0.2) is 4.79 Å². The van der Waals surface area contributed by atoms with E-state index < -0.39 is 24.1 Å². The fourth-order valence-electron chi connectivity index (χ4n) is 2.31. The van der Waals surface area contributed by atoms with Gasteiger partial charge in [0, 0.05) is 5.69 Å². The van der Waals surface area contributed by atoms with Crippen LogP contribution in [0.4, 0.5) is 5.69 Å². The number of hydrogen-bond acceptors (Lipinski definition) is 5.